The third-order valence-corrected chi connectivity index (χ3v) is 7.92. The summed E-state index contributed by atoms with van der Waals surface area (Å²) in [4.78, 5) is 23.9. The van der Waals surface area contributed by atoms with Gasteiger partial charge < -0.3 is 4.74 Å². The van der Waals surface area contributed by atoms with E-state index in [4.69, 9.17) is 4.74 Å². The Hall–Kier alpha value is -3.30. The first-order chi connectivity index (χ1) is 15.9. The molecular weight excluding hydrogens is 458 g/mol. The number of carbonyl (C=O) groups excluding carboxylic acids is 1. The molecule has 0 spiro atoms. The lowest BCUT2D eigenvalue weighted by Crippen LogP contribution is -2.32. The predicted molar refractivity (Wildman–Crippen MR) is 129 cm³/mol. The largest absolute Gasteiger partial charge is 0.497 e. The first-order valence-electron chi connectivity index (χ1n) is 10.3. The molecule has 7 nitrogen and oxygen atoms in total. The van der Waals surface area contributed by atoms with Crippen LogP contribution in [0.3, 0.4) is 0 Å². The number of carbonyl (C=O) groups is 1. The molecule has 0 bridgehead atoms. The average molecular weight is 482 g/mol. The maximum absolute atomic E-state index is 13.3. The Labute approximate surface area is 196 Å². The van der Waals surface area contributed by atoms with E-state index in [1.54, 1.807) is 49.7 Å². The highest BCUT2D eigenvalue weighted by molar-refractivity contribution is 7.91. The second kappa shape index (κ2) is 9.68. The van der Waals surface area contributed by atoms with Gasteiger partial charge in [0.05, 0.1) is 40.2 Å². The van der Waals surface area contributed by atoms with E-state index in [0.29, 0.717) is 22.1 Å². The molecule has 33 heavy (non-hydrogen) atoms. The Bertz CT molecular complexity index is 1370. The number of aromatic nitrogens is 2. The van der Waals surface area contributed by atoms with Gasteiger partial charge in [-0.1, -0.05) is 35.1 Å². The maximum atomic E-state index is 13.3. The van der Waals surface area contributed by atoms with Crippen molar-refractivity contribution < 1.29 is 17.9 Å². The number of ether oxygens (including phenoxy) is 1. The molecule has 1 amide bonds. The number of benzene rings is 2. The van der Waals surface area contributed by atoms with Crippen LogP contribution >= 0.6 is 11.3 Å². The second-order valence-electron chi connectivity index (χ2n) is 7.51. The van der Waals surface area contributed by atoms with E-state index < -0.39 is 9.84 Å². The first-order valence-corrected chi connectivity index (χ1v) is 12.8. The molecule has 0 saturated carbocycles. The third kappa shape index (κ3) is 5.37. The number of hydrogen-bond acceptors (Lipinski definition) is 7. The van der Waals surface area contributed by atoms with E-state index in [1.807, 2.05) is 31.2 Å². The number of rotatable bonds is 8. The molecule has 2 heterocycles. The summed E-state index contributed by atoms with van der Waals surface area (Å²) in [6.07, 6.45) is 1.49. The summed E-state index contributed by atoms with van der Waals surface area (Å²) in [5.74, 6) is 0.0558. The highest BCUT2D eigenvalue weighted by Crippen LogP contribution is 2.32. The first kappa shape index (κ1) is 22.9. The summed E-state index contributed by atoms with van der Waals surface area (Å²) in [6.45, 7) is 2.09. The topological polar surface area (TPSA) is 89.5 Å². The number of thiazole rings is 1. The normalized spacial score (nSPS) is 11.5. The summed E-state index contributed by atoms with van der Waals surface area (Å²) in [7, 11) is -2.01. The van der Waals surface area contributed by atoms with Crippen LogP contribution in [0, 0.1) is 6.92 Å². The number of pyridine rings is 1. The van der Waals surface area contributed by atoms with Crippen molar-refractivity contribution >= 4 is 42.4 Å². The molecule has 0 unspecified atom stereocenters. The Balaban J connectivity index is 1.60. The summed E-state index contributed by atoms with van der Waals surface area (Å²) in [6, 6.07) is 17.6. The zero-order valence-electron chi connectivity index (χ0n) is 18.3. The fraction of sp³-hybridized carbons (Fsp3) is 0.208. The number of methoxy groups -OCH3 is 1. The minimum Gasteiger partial charge on any atom is -0.497 e. The lowest BCUT2D eigenvalue weighted by molar-refractivity contribution is -0.118. The van der Waals surface area contributed by atoms with Gasteiger partial charge in [-0.2, -0.15) is 0 Å². The molecule has 0 radical (unpaired) electrons. The zero-order valence-corrected chi connectivity index (χ0v) is 19.9. The van der Waals surface area contributed by atoms with Crippen molar-refractivity contribution in [3.8, 4) is 5.75 Å². The molecule has 2 aromatic carbocycles. The zero-order chi connectivity index (χ0) is 23.4. The van der Waals surface area contributed by atoms with Gasteiger partial charge in [0, 0.05) is 18.7 Å². The minimum atomic E-state index is -3.59. The van der Waals surface area contributed by atoms with Crippen LogP contribution in [0.15, 0.2) is 71.8 Å². The van der Waals surface area contributed by atoms with E-state index in [2.05, 4.69) is 9.97 Å². The summed E-state index contributed by atoms with van der Waals surface area (Å²) >= 11 is 1.36. The van der Waals surface area contributed by atoms with Gasteiger partial charge in [0.2, 0.25) is 5.91 Å². The van der Waals surface area contributed by atoms with Crippen molar-refractivity contribution in [3.05, 3.63) is 78.1 Å². The molecule has 0 fully saturated rings. The lowest BCUT2D eigenvalue weighted by Gasteiger charge is -2.19. The number of nitrogens with zero attached hydrogens (tertiary/aromatic N) is 3. The van der Waals surface area contributed by atoms with E-state index in [0.717, 1.165) is 10.3 Å². The van der Waals surface area contributed by atoms with Crippen LogP contribution in [0.25, 0.3) is 10.2 Å². The van der Waals surface area contributed by atoms with E-state index in [-0.39, 0.29) is 29.5 Å². The van der Waals surface area contributed by atoms with Crippen molar-refractivity contribution in [1.82, 2.24) is 9.97 Å². The monoisotopic (exact) mass is 481 g/mol. The van der Waals surface area contributed by atoms with Gasteiger partial charge in [0.25, 0.3) is 0 Å². The SMILES string of the molecule is COc1ccc2sc(N(Cc3ccccn3)C(=O)CCS(=O)(=O)c3ccc(C)cc3)nc2c1. The molecular formula is C24H23N3O4S2. The molecule has 4 aromatic rings. The van der Waals surface area contributed by atoms with Crippen LogP contribution in [0.5, 0.6) is 5.75 Å². The minimum absolute atomic E-state index is 0.164. The smallest absolute Gasteiger partial charge is 0.230 e. The highest BCUT2D eigenvalue weighted by atomic mass is 32.2. The molecule has 9 heteroatoms. The molecule has 4 rings (SSSR count). The summed E-state index contributed by atoms with van der Waals surface area (Å²) in [5.41, 5.74) is 2.36. The van der Waals surface area contributed by atoms with Gasteiger partial charge in [-0.05, 0) is 43.3 Å². The van der Waals surface area contributed by atoms with Crippen molar-refractivity contribution in [1.29, 1.82) is 0 Å². The molecule has 0 aliphatic heterocycles. The van der Waals surface area contributed by atoms with Gasteiger partial charge in [0.15, 0.2) is 15.0 Å². The molecule has 0 N–H and O–H groups in total. The highest BCUT2D eigenvalue weighted by Gasteiger charge is 2.24. The fourth-order valence-electron chi connectivity index (χ4n) is 3.27. The van der Waals surface area contributed by atoms with Crippen LogP contribution in [0.1, 0.15) is 17.7 Å². The van der Waals surface area contributed by atoms with Crippen LogP contribution in [-0.2, 0) is 21.2 Å². The number of amides is 1. The average Bonchev–Trinajstić information content (AvgIpc) is 3.25. The number of fused-ring (bicyclic) bond motifs is 1. The third-order valence-electron chi connectivity index (χ3n) is 5.13. The Morgan fingerprint density at radius 3 is 2.58 bits per heavy atom. The van der Waals surface area contributed by atoms with Crippen LogP contribution in [0.4, 0.5) is 5.13 Å². The second-order valence-corrected chi connectivity index (χ2v) is 10.6. The van der Waals surface area contributed by atoms with Gasteiger partial charge in [-0.15, -0.1) is 0 Å². The molecule has 170 valence electrons. The predicted octanol–water partition coefficient (Wildman–Crippen LogP) is 4.41. The van der Waals surface area contributed by atoms with Gasteiger partial charge in [0.1, 0.15) is 5.75 Å². The van der Waals surface area contributed by atoms with E-state index in [1.165, 1.54) is 16.2 Å². The maximum Gasteiger partial charge on any atom is 0.230 e. The molecule has 0 aliphatic carbocycles. The molecule has 2 aromatic heterocycles. The lowest BCUT2D eigenvalue weighted by atomic mass is 10.2. The van der Waals surface area contributed by atoms with Crippen LogP contribution in [-0.4, -0.2) is 37.2 Å². The van der Waals surface area contributed by atoms with Gasteiger partial charge >= 0.3 is 0 Å². The van der Waals surface area contributed by atoms with Gasteiger partial charge in [-0.3, -0.25) is 14.7 Å². The van der Waals surface area contributed by atoms with Gasteiger partial charge in [-0.25, -0.2) is 13.4 Å². The fourth-order valence-corrected chi connectivity index (χ4v) is 5.47. The molecule has 0 atom stereocenters. The van der Waals surface area contributed by atoms with Crippen molar-refractivity contribution in [2.45, 2.75) is 24.8 Å². The Kier molecular flexibility index (Phi) is 6.71. The Morgan fingerprint density at radius 1 is 1.09 bits per heavy atom. The standard InChI is InChI=1S/C24H23N3O4S2/c1-17-6-9-20(10-7-17)33(29,30)14-12-23(28)27(16-18-5-3-4-13-25-18)24-26-21-15-19(31-2)8-11-22(21)32-24/h3-11,13,15H,12,14,16H2,1-2H3. The summed E-state index contributed by atoms with van der Waals surface area (Å²) < 4.78 is 31.7. The van der Waals surface area contributed by atoms with E-state index in [9.17, 15) is 13.2 Å². The van der Waals surface area contributed by atoms with Crippen molar-refractivity contribution in [3.63, 3.8) is 0 Å². The number of anilines is 1. The Morgan fingerprint density at radius 2 is 1.88 bits per heavy atom. The summed E-state index contributed by atoms with van der Waals surface area (Å²) in [5, 5.41) is 0.488. The number of hydrogen-bond donors (Lipinski definition) is 0. The quantitative estimate of drug-likeness (QED) is 0.370. The van der Waals surface area contributed by atoms with Crippen molar-refractivity contribution in [2.24, 2.45) is 0 Å². The number of aryl methyl sites for hydroxylation is 1. The molecule has 0 saturated heterocycles. The van der Waals surface area contributed by atoms with Crippen molar-refractivity contribution in [2.75, 3.05) is 17.8 Å². The molecule has 0 aliphatic rings. The van der Waals surface area contributed by atoms with E-state index >= 15 is 0 Å². The van der Waals surface area contributed by atoms with Crippen LogP contribution < -0.4 is 9.64 Å². The number of sulfone groups is 1. The van der Waals surface area contributed by atoms with Crippen LogP contribution in [0.2, 0.25) is 0 Å².